The van der Waals surface area contributed by atoms with E-state index in [2.05, 4.69) is 24.9 Å². The van der Waals surface area contributed by atoms with Crippen molar-refractivity contribution in [3.8, 4) is 11.6 Å². The van der Waals surface area contributed by atoms with Crippen LogP contribution in [-0.4, -0.2) is 10.1 Å². The third kappa shape index (κ3) is 3.58. The molecular formula is C17H21NO2. The summed E-state index contributed by atoms with van der Waals surface area (Å²) in [5.74, 6) is 1.77. The molecule has 106 valence electrons. The lowest BCUT2D eigenvalue weighted by Crippen LogP contribution is -1.96. The monoisotopic (exact) mass is 271 g/mol. The van der Waals surface area contributed by atoms with Crippen LogP contribution in [0.4, 0.5) is 0 Å². The van der Waals surface area contributed by atoms with Crippen molar-refractivity contribution in [1.82, 2.24) is 4.98 Å². The summed E-state index contributed by atoms with van der Waals surface area (Å²) in [5, 5.41) is 9.28. The molecule has 0 unspecified atom stereocenters. The molecule has 2 aromatic rings. The fourth-order valence-corrected chi connectivity index (χ4v) is 2.00. The molecule has 3 heteroatoms. The molecule has 0 atom stereocenters. The van der Waals surface area contributed by atoms with Crippen LogP contribution in [0.2, 0.25) is 0 Å². The zero-order chi connectivity index (χ0) is 14.5. The smallest absolute Gasteiger partial charge is 0.219 e. The second kappa shape index (κ2) is 6.53. The van der Waals surface area contributed by atoms with Crippen molar-refractivity contribution in [2.45, 2.75) is 39.7 Å². The number of pyridine rings is 1. The number of ether oxygens (including phenoxy) is 1. The van der Waals surface area contributed by atoms with Gasteiger partial charge in [-0.25, -0.2) is 4.98 Å². The maximum atomic E-state index is 9.28. The molecule has 0 spiro atoms. The van der Waals surface area contributed by atoms with E-state index >= 15 is 0 Å². The lowest BCUT2D eigenvalue weighted by atomic mass is 10.0. The Bertz CT molecular complexity index is 557. The highest BCUT2D eigenvalue weighted by Gasteiger charge is 2.06. The Kier molecular flexibility index (Phi) is 4.74. The van der Waals surface area contributed by atoms with Gasteiger partial charge in [0.05, 0.1) is 6.61 Å². The average Bonchev–Trinajstić information content (AvgIpc) is 2.47. The highest BCUT2D eigenvalue weighted by Crippen LogP contribution is 2.25. The van der Waals surface area contributed by atoms with Gasteiger partial charge in [0, 0.05) is 11.8 Å². The zero-order valence-electron chi connectivity index (χ0n) is 12.3. The van der Waals surface area contributed by atoms with Crippen molar-refractivity contribution < 1.29 is 9.84 Å². The number of aliphatic hydroxyl groups is 1. The minimum absolute atomic E-state index is 0.00207. The lowest BCUT2D eigenvalue weighted by Gasteiger charge is -2.11. The minimum Gasteiger partial charge on any atom is -0.439 e. The van der Waals surface area contributed by atoms with E-state index in [1.807, 2.05) is 31.2 Å². The van der Waals surface area contributed by atoms with Gasteiger partial charge in [-0.05, 0) is 41.7 Å². The Balaban J connectivity index is 2.27. The fourth-order valence-electron chi connectivity index (χ4n) is 2.00. The van der Waals surface area contributed by atoms with Crippen molar-refractivity contribution in [2.24, 2.45) is 0 Å². The molecule has 0 amide bonds. The predicted molar refractivity (Wildman–Crippen MR) is 80.1 cm³/mol. The largest absolute Gasteiger partial charge is 0.439 e. The number of aryl methyl sites for hydroxylation is 1. The Labute approximate surface area is 120 Å². The van der Waals surface area contributed by atoms with E-state index in [1.54, 1.807) is 6.07 Å². The number of hydrogen-bond acceptors (Lipinski definition) is 3. The molecule has 0 radical (unpaired) electrons. The van der Waals surface area contributed by atoms with E-state index in [1.165, 1.54) is 5.56 Å². The maximum Gasteiger partial charge on any atom is 0.219 e. The molecule has 0 saturated heterocycles. The van der Waals surface area contributed by atoms with E-state index in [-0.39, 0.29) is 6.61 Å². The molecule has 0 aliphatic heterocycles. The van der Waals surface area contributed by atoms with Gasteiger partial charge in [-0.1, -0.05) is 32.9 Å². The highest BCUT2D eigenvalue weighted by molar-refractivity contribution is 5.34. The molecule has 20 heavy (non-hydrogen) atoms. The van der Waals surface area contributed by atoms with Gasteiger partial charge in [-0.15, -0.1) is 0 Å². The molecule has 2 rings (SSSR count). The van der Waals surface area contributed by atoms with E-state index in [9.17, 15) is 5.11 Å². The summed E-state index contributed by atoms with van der Waals surface area (Å²) in [5.41, 5.74) is 2.98. The van der Waals surface area contributed by atoms with Crippen LogP contribution in [0.25, 0.3) is 0 Å². The molecule has 0 saturated carbocycles. The van der Waals surface area contributed by atoms with Crippen molar-refractivity contribution in [3.05, 3.63) is 53.2 Å². The van der Waals surface area contributed by atoms with Crippen molar-refractivity contribution in [2.75, 3.05) is 0 Å². The molecule has 3 nitrogen and oxygen atoms in total. The summed E-state index contributed by atoms with van der Waals surface area (Å²) in [4.78, 5) is 4.44. The number of nitrogens with zero attached hydrogens (tertiary/aromatic N) is 1. The minimum atomic E-state index is -0.00207. The van der Waals surface area contributed by atoms with Gasteiger partial charge >= 0.3 is 0 Å². The summed E-state index contributed by atoms with van der Waals surface area (Å²) in [6, 6.07) is 11.7. The average molecular weight is 271 g/mol. The van der Waals surface area contributed by atoms with E-state index in [0.29, 0.717) is 11.8 Å². The molecule has 0 bridgehead atoms. The van der Waals surface area contributed by atoms with Crippen molar-refractivity contribution in [3.63, 3.8) is 0 Å². The maximum absolute atomic E-state index is 9.28. The number of aromatic nitrogens is 1. The Morgan fingerprint density at radius 1 is 1.20 bits per heavy atom. The van der Waals surface area contributed by atoms with Crippen molar-refractivity contribution in [1.29, 1.82) is 0 Å². The third-order valence-electron chi connectivity index (χ3n) is 3.21. The normalized spacial score (nSPS) is 10.8. The summed E-state index contributed by atoms with van der Waals surface area (Å²) in [6.07, 6.45) is 0.816. The van der Waals surface area contributed by atoms with Crippen LogP contribution >= 0.6 is 0 Å². The molecule has 0 aliphatic carbocycles. The van der Waals surface area contributed by atoms with E-state index < -0.39 is 0 Å². The zero-order valence-corrected chi connectivity index (χ0v) is 12.3. The first-order valence-electron chi connectivity index (χ1n) is 7.01. The Hall–Kier alpha value is -1.87. The molecule has 0 fully saturated rings. The predicted octanol–water partition coefficient (Wildman–Crippen LogP) is 4.05. The van der Waals surface area contributed by atoms with Crippen LogP contribution in [0, 0.1) is 0 Å². The SMILES string of the molecule is CCc1cc(CO)cc(Oc2cccc(C(C)C)c2)n1. The first-order valence-corrected chi connectivity index (χ1v) is 7.01. The van der Waals surface area contributed by atoms with Crippen LogP contribution in [0.5, 0.6) is 11.6 Å². The molecular weight excluding hydrogens is 250 g/mol. The third-order valence-corrected chi connectivity index (χ3v) is 3.21. The standard InChI is InChI=1S/C17H21NO2/c1-4-15-8-13(11-19)9-17(18-15)20-16-7-5-6-14(10-16)12(2)3/h5-10,12,19H,4,11H2,1-3H3. The second-order valence-corrected chi connectivity index (χ2v) is 5.15. The van der Waals surface area contributed by atoms with Gasteiger partial charge in [0.1, 0.15) is 5.75 Å². The van der Waals surface area contributed by atoms with Gasteiger partial charge in [0.2, 0.25) is 5.88 Å². The summed E-state index contributed by atoms with van der Waals surface area (Å²) in [6.45, 7) is 6.34. The van der Waals surface area contributed by atoms with Crippen LogP contribution in [-0.2, 0) is 13.0 Å². The summed E-state index contributed by atoms with van der Waals surface area (Å²) in [7, 11) is 0. The van der Waals surface area contributed by atoms with E-state index in [4.69, 9.17) is 4.74 Å². The number of hydrogen-bond donors (Lipinski definition) is 1. The molecule has 1 aromatic heterocycles. The van der Waals surface area contributed by atoms with Crippen LogP contribution in [0.1, 0.15) is 43.5 Å². The number of aliphatic hydroxyl groups excluding tert-OH is 1. The highest BCUT2D eigenvalue weighted by atomic mass is 16.5. The molecule has 1 N–H and O–H groups in total. The topological polar surface area (TPSA) is 42.4 Å². The molecule has 1 heterocycles. The molecule has 0 aliphatic rings. The first-order chi connectivity index (χ1) is 9.62. The summed E-state index contributed by atoms with van der Waals surface area (Å²) >= 11 is 0. The van der Waals surface area contributed by atoms with Gasteiger partial charge in [-0.3, -0.25) is 0 Å². The van der Waals surface area contributed by atoms with Crippen LogP contribution in [0.3, 0.4) is 0 Å². The number of rotatable bonds is 5. The van der Waals surface area contributed by atoms with Gasteiger partial charge in [0.15, 0.2) is 0 Å². The number of benzene rings is 1. The lowest BCUT2D eigenvalue weighted by molar-refractivity contribution is 0.281. The van der Waals surface area contributed by atoms with Gasteiger partial charge in [-0.2, -0.15) is 0 Å². The van der Waals surface area contributed by atoms with Crippen LogP contribution < -0.4 is 4.74 Å². The van der Waals surface area contributed by atoms with Crippen molar-refractivity contribution >= 4 is 0 Å². The Morgan fingerprint density at radius 3 is 2.65 bits per heavy atom. The van der Waals surface area contributed by atoms with Crippen LogP contribution in [0.15, 0.2) is 36.4 Å². The quantitative estimate of drug-likeness (QED) is 0.892. The fraction of sp³-hybridized carbons (Fsp3) is 0.353. The molecule has 1 aromatic carbocycles. The van der Waals surface area contributed by atoms with Gasteiger partial charge < -0.3 is 9.84 Å². The van der Waals surface area contributed by atoms with E-state index in [0.717, 1.165) is 23.4 Å². The first kappa shape index (κ1) is 14.5. The summed E-state index contributed by atoms with van der Waals surface area (Å²) < 4.78 is 5.83. The van der Waals surface area contributed by atoms with Gasteiger partial charge in [0.25, 0.3) is 0 Å². The Morgan fingerprint density at radius 2 is 2.00 bits per heavy atom. The second-order valence-electron chi connectivity index (χ2n) is 5.15.